The number of carbonyl (C=O) groups is 2. The molecule has 4 nitrogen and oxygen atoms in total. The highest BCUT2D eigenvalue weighted by atomic mass is 16.3. The summed E-state index contributed by atoms with van der Waals surface area (Å²) in [4.78, 5) is 23.6. The van der Waals surface area contributed by atoms with Gasteiger partial charge in [0.1, 0.15) is 11.9 Å². The number of aldehydes is 1. The Labute approximate surface area is 132 Å². The number of ketones is 1. The molecule has 3 aliphatic carbocycles. The fraction of sp³-hybridized carbons (Fsp3) is 0.889. The highest BCUT2D eigenvalue weighted by Gasteiger charge is 2.71. The second kappa shape index (κ2) is 4.64. The fourth-order valence-corrected chi connectivity index (χ4v) is 6.28. The van der Waals surface area contributed by atoms with Crippen LogP contribution in [0.1, 0.15) is 65.7 Å². The van der Waals surface area contributed by atoms with Gasteiger partial charge in [0.25, 0.3) is 0 Å². The highest BCUT2D eigenvalue weighted by Crippen LogP contribution is 2.71. The molecule has 0 aromatic heterocycles. The summed E-state index contributed by atoms with van der Waals surface area (Å²) in [7, 11) is 0. The zero-order valence-corrected chi connectivity index (χ0v) is 13.9. The van der Waals surface area contributed by atoms with Gasteiger partial charge in [0.15, 0.2) is 5.78 Å². The molecular weight excluding hydrogens is 280 g/mol. The first kappa shape index (κ1) is 16.1. The molecule has 0 aromatic carbocycles. The van der Waals surface area contributed by atoms with E-state index in [0.29, 0.717) is 38.5 Å². The summed E-state index contributed by atoms with van der Waals surface area (Å²) in [5.74, 6) is 0.142. The quantitative estimate of drug-likeness (QED) is 0.767. The lowest BCUT2D eigenvalue weighted by Gasteiger charge is -2.66. The second-order valence-electron chi connectivity index (χ2n) is 8.56. The Morgan fingerprint density at radius 2 is 1.86 bits per heavy atom. The van der Waals surface area contributed by atoms with E-state index in [0.717, 1.165) is 12.7 Å². The van der Waals surface area contributed by atoms with Crippen LogP contribution in [-0.4, -0.2) is 34.0 Å². The minimum atomic E-state index is -1.22. The third-order valence-electron chi connectivity index (χ3n) is 8.07. The highest BCUT2D eigenvalue weighted by molar-refractivity contribution is 5.91. The Bertz CT molecular complexity index is 517. The van der Waals surface area contributed by atoms with Crippen LogP contribution < -0.4 is 0 Å². The van der Waals surface area contributed by atoms with Crippen LogP contribution in [0.2, 0.25) is 0 Å². The lowest BCUT2D eigenvalue weighted by Crippen LogP contribution is -2.66. The third kappa shape index (κ3) is 1.60. The van der Waals surface area contributed by atoms with Gasteiger partial charge in [0, 0.05) is 23.7 Å². The zero-order valence-electron chi connectivity index (χ0n) is 13.9. The van der Waals surface area contributed by atoms with Crippen molar-refractivity contribution in [2.45, 2.75) is 77.4 Å². The molecule has 0 amide bonds. The monoisotopic (exact) mass is 308 g/mol. The molecule has 0 heterocycles. The molecule has 0 aliphatic heterocycles. The predicted octanol–water partition coefficient (Wildman–Crippen LogP) is 2.25. The van der Waals surface area contributed by atoms with Gasteiger partial charge in [-0.25, -0.2) is 0 Å². The minimum absolute atomic E-state index is 0.0158. The van der Waals surface area contributed by atoms with E-state index in [1.165, 1.54) is 0 Å². The Morgan fingerprint density at radius 3 is 2.50 bits per heavy atom. The first-order valence-corrected chi connectivity index (χ1v) is 8.53. The summed E-state index contributed by atoms with van der Waals surface area (Å²) >= 11 is 0. The first-order chi connectivity index (χ1) is 10.2. The van der Waals surface area contributed by atoms with Crippen LogP contribution in [0.5, 0.6) is 0 Å². The van der Waals surface area contributed by atoms with Gasteiger partial charge in [0.05, 0.1) is 6.10 Å². The van der Waals surface area contributed by atoms with Crippen LogP contribution in [0, 0.1) is 22.2 Å². The van der Waals surface area contributed by atoms with E-state index in [2.05, 4.69) is 13.8 Å². The van der Waals surface area contributed by atoms with Crippen molar-refractivity contribution in [3.05, 3.63) is 0 Å². The lowest BCUT2D eigenvalue weighted by molar-refractivity contribution is -0.232. The molecule has 0 aromatic rings. The molecule has 6 atom stereocenters. The van der Waals surface area contributed by atoms with Crippen LogP contribution in [-0.2, 0) is 9.59 Å². The summed E-state index contributed by atoms with van der Waals surface area (Å²) in [6, 6.07) is 0. The fourth-order valence-electron chi connectivity index (χ4n) is 6.28. The Hall–Kier alpha value is -0.740. The van der Waals surface area contributed by atoms with Crippen molar-refractivity contribution in [2.75, 3.05) is 0 Å². The van der Waals surface area contributed by atoms with Gasteiger partial charge < -0.3 is 15.0 Å². The number of fused-ring (bicyclic) bond motifs is 3. The Kier molecular flexibility index (Phi) is 3.40. The van der Waals surface area contributed by atoms with Crippen molar-refractivity contribution in [2.24, 2.45) is 22.2 Å². The molecule has 3 rings (SSSR count). The van der Waals surface area contributed by atoms with Gasteiger partial charge in [-0.1, -0.05) is 20.8 Å². The van der Waals surface area contributed by atoms with Crippen molar-refractivity contribution in [3.63, 3.8) is 0 Å². The maximum Gasteiger partial charge on any atom is 0.164 e. The van der Waals surface area contributed by atoms with E-state index in [9.17, 15) is 19.8 Å². The summed E-state index contributed by atoms with van der Waals surface area (Å²) < 4.78 is 0. The summed E-state index contributed by atoms with van der Waals surface area (Å²) in [6.45, 7) is 6.25. The number of Topliss-reactive ketones (excluding diaryl/α,β-unsaturated/α-hetero) is 1. The topological polar surface area (TPSA) is 74.6 Å². The standard InChI is InChI=1S/C18H28O4/c1-15(10-11-19)12-4-9-18(22)14(21)6-8-17(18,3)16(12,2)7-5-13(15)20/h11-13,20,22H,4-10H2,1-3H3/t12-,13-,15-,16-,17+,18-/m1/s1. The number of rotatable bonds is 2. The molecular formula is C18H28O4. The number of aliphatic hydroxyl groups is 2. The van der Waals surface area contributed by atoms with E-state index < -0.39 is 22.5 Å². The van der Waals surface area contributed by atoms with Crippen LogP contribution >= 0.6 is 0 Å². The summed E-state index contributed by atoms with van der Waals surface area (Å²) in [5, 5.41) is 21.7. The van der Waals surface area contributed by atoms with E-state index in [1.807, 2.05) is 6.92 Å². The summed E-state index contributed by atoms with van der Waals surface area (Å²) in [6.07, 6.45) is 4.54. The zero-order chi connectivity index (χ0) is 16.4. The van der Waals surface area contributed by atoms with Gasteiger partial charge in [0.2, 0.25) is 0 Å². The van der Waals surface area contributed by atoms with Gasteiger partial charge >= 0.3 is 0 Å². The average molecular weight is 308 g/mol. The van der Waals surface area contributed by atoms with E-state index in [-0.39, 0.29) is 17.1 Å². The molecule has 0 unspecified atom stereocenters. The molecule has 0 radical (unpaired) electrons. The Morgan fingerprint density at radius 1 is 1.18 bits per heavy atom. The van der Waals surface area contributed by atoms with Crippen LogP contribution in [0.4, 0.5) is 0 Å². The molecule has 3 aliphatic rings. The molecule has 22 heavy (non-hydrogen) atoms. The SMILES string of the molecule is C[C@]1(CC=O)[C@H](O)CC[C@]2(C)[C@@H]1CC[C@@]1(O)C(=O)CC[C@]12C. The van der Waals surface area contributed by atoms with Crippen molar-refractivity contribution < 1.29 is 19.8 Å². The smallest absolute Gasteiger partial charge is 0.164 e. The predicted molar refractivity (Wildman–Crippen MR) is 82.2 cm³/mol. The van der Waals surface area contributed by atoms with E-state index in [4.69, 9.17) is 0 Å². The van der Waals surface area contributed by atoms with Crippen LogP contribution in [0.15, 0.2) is 0 Å². The van der Waals surface area contributed by atoms with Crippen molar-refractivity contribution in [3.8, 4) is 0 Å². The first-order valence-electron chi connectivity index (χ1n) is 8.53. The van der Waals surface area contributed by atoms with Gasteiger partial charge in [-0.3, -0.25) is 4.79 Å². The van der Waals surface area contributed by atoms with Crippen molar-refractivity contribution >= 4 is 12.1 Å². The number of hydrogen-bond acceptors (Lipinski definition) is 4. The van der Waals surface area contributed by atoms with Crippen molar-refractivity contribution in [1.82, 2.24) is 0 Å². The number of carbonyl (C=O) groups excluding carboxylic acids is 2. The molecule has 2 N–H and O–H groups in total. The molecule has 0 bridgehead atoms. The number of hydrogen-bond donors (Lipinski definition) is 2. The maximum absolute atomic E-state index is 12.3. The van der Waals surface area contributed by atoms with Gasteiger partial charge in [-0.05, 0) is 43.4 Å². The third-order valence-corrected chi connectivity index (χ3v) is 8.07. The second-order valence-corrected chi connectivity index (χ2v) is 8.56. The van der Waals surface area contributed by atoms with Crippen molar-refractivity contribution in [1.29, 1.82) is 0 Å². The van der Waals surface area contributed by atoms with E-state index in [1.54, 1.807) is 0 Å². The summed E-state index contributed by atoms with van der Waals surface area (Å²) in [5.41, 5.74) is -2.35. The molecule has 124 valence electrons. The van der Waals surface area contributed by atoms with Gasteiger partial charge in [-0.2, -0.15) is 0 Å². The minimum Gasteiger partial charge on any atom is -0.393 e. The molecule has 0 saturated heterocycles. The average Bonchev–Trinajstić information content (AvgIpc) is 2.70. The molecule has 0 spiro atoms. The maximum atomic E-state index is 12.3. The normalized spacial score (nSPS) is 54.7. The molecule has 3 saturated carbocycles. The Balaban J connectivity index is 2.09. The van der Waals surface area contributed by atoms with Gasteiger partial charge in [-0.15, -0.1) is 0 Å². The number of aliphatic hydroxyl groups excluding tert-OH is 1. The molecule has 3 fully saturated rings. The largest absolute Gasteiger partial charge is 0.393 e. The lowest BCUT2D eigenvalue weighted by atomic mass is 9.39. The van der Waals surface area contributed by atoms with Crippen LogP contribution in [0.25, 0.3) is 0 Å². The van der Waals surface area contributed by atoms with E-state index >= 15 is 0 Å². The van der Waals surface area contributed by atoms with Crippen LogP contribution in [0.3, 0.4) is 0 Å². The molecule has 4 heteroatoms.